The predicted molar refractivity (Wildman–Crippen MR) is 115 cm³/mol. The van der Waals surface area contributed by atoms with Crippen molar-refractivity contribution < 1.29 is 13.6 Å². The summed E-state index contributed by atoms with van der Waals surface area (Å²) in [5.41, 5.74) is 4.39. The molecule has 5 rings (SSSR count). The Hall–Kier alpha value is -3.84. The summed E-state index contributed by atoms with van der Waals surface area (Å²) in [6.45, 7) is 0. The monoisotopic (exact) mass is 432 g/mol. The number of hydrogen-bond donors (Lipinski definition) is 1. The number of nitrogens with one attached hydrogen (secondary N) is 1. The minimum absolute atomic E-state index is 0.214. The molecule has 0 unspecified atom stereocenters. The highest BCUT2D eigenvalue weighted by Gasteiger charge is 2.21. The second-order valence-electron chi connectivity index (χ2n) is 6.94. The first-order valence-electron chi connectivity index (χ1n) is 9.40. The first kappa shape index (κ1) is 19.1. The van der Waals surface area contributed by atoms with Gasteiger partial charge >= 0.3 is 0 Å². The number of amides is 1. The summed E-state index contributed by atoms with van der Waals surface area (Å²) in [4.78, 5) is 24.9. The first-order chi connectivity index (χ1) is 15.1. The van der Waals surface area contributed by atoms with Crippen LogP contribution in [0.2, 0.25) is 5.02 Å². The lowest BCUT2D eigenvalue weighted by atomic mass is 10.0. The molecule has 1 aliphatic heterocycles. The van der Waals surface area contributed by atoms with Gasteiger partial charge in [-0.15, -0.1) is 0 Å². The first-order valence-corrected chi connectivity index (χ1v) is 9.78. The summed E-state index contributed by atoms with van der Waals surface area (Å²) in [5, 5.41) is 3.30. The van der Waals surface area contributed by atoms with Gasteiger partial charge in [0.1, 0.15) is 0 Å². The van der Waals surface area contributed by atoms with Gasteiger partial charge in [0.05, 0.1) is 12.0 Å². The average Bonchev–Trinajstić information content (AvgIpc) is 3.44. The maximum atomic E-state index is 13.5. The van der Waals surface area contributed by atoms with Gasteiger partial charge in [-0.25, -0.2) is 15.0 Å². The van der Waals surface area contributed by atoms with E-state index in [9.17, 15) is 9.18 Å². The van der Waals surface area contributed by atoms with Crippen LogP contribution in [0.3, 0.4) is 0 Å². The summed E-state index contributed by atoms with van der Waals surface area (Å²) in [5.74, 6) is -0.0956. The van der Waals surface area contributed by atoms with E-state index in [0.29, 0.717) is 34.1 Å². The average molecular weight is 433 g/mol. The molecular weight excluding hydrogens is 419 g/mol. The molecule has 0 atom stereocenters. The van der Waals surface area contributed by atoms with Crippen LogP contribution in [0.5, 0.6) is 0 Å². The van der Waals surface area contributed by atoms with Crippen molar-refractivity contribution in [3.8, 4) is 11.1 Å². The summed E-state index contributed by atoms with van der Waals surface area (Å²) < 4.78 is 18.6. The third-order valence-electron chi connectivity index (χ3n) is 4.88. The Labute approximate surface area is 181 Å². The summed E-state index contributed by atoms with van der Waals surface area (Å²) in [7, 11) is 0. The van der Waals surface area contributed by atoms with Crippen molar-refractivity contribution in [2.75, 3.05) is 5.32 Å². The van der Waals surface area contributed by atoms with Crippen LogP contribution in [0, 0.1) is 5.95 Å². The molecule has 152 valence electrons. The number of anilines is 1. The zero-order chi connectivity index (χ0) is 21.4. The third kappa shape index (κ3) is 3.83. The summed E-state index contributed by atoms with van der Waals surface area (Å²) in [6.07, 6.45) is 5.02. The second kappa shape index (κ2) is 7.77. The van der Waals surface area contributed by atoms with Gasteiger partial charge in [-0.3, -0.25) is 4.79 Å². The smallest absolute Gasteiger partial charge is 0.291 e. The van der Waals surface area contributed by atoms with Gasteiger partial charge in [0.2, 0.25) is 5.95 Å². The molecule has 31 heavy (non-hydrogen) atoms. The molecule has 1 N–H and O–H groups in total. The quantitative estimate of drug-likeness (QED) is 0.434. The molecule has 6 nitrogen and oxygen atoms in total. The zero-order valence-corrected chi connectivity index (χ0v) is 16.7. The number of pyridine rings is 2. The Morgan fingerprint density at radius 2 is 2.00 bits per heavy atom. The van der Waals surface area contributed by atoms with Crippen molar-refractivity contribution in [3.63, 3.8) is 0 Å². The number of nitrogens with zero attached hydrogens (tertiary/aromatic N) is 3. The highest BCUT2D eigenvalue weighted by molar-refractivity contribution is 6.34. The van der Waals surface area contributed by atoms with E-state index in [4.69, 9.17) is 16.0 Å². The normalized spacial score (nSPS) is 12.4. The van der Waals surface area contributed by atoms with Crippen LogP contribution in [-0.2, 0) is 6.42 Å². The maximum Gasteiger partial charge on any atom is 0.291 e. The van der Waals surface area contributed by atoms with E-state index in [0.717, 1.165) is 16.8 Å². The van der Waals surface area contributed by atoms with Gasteiger partial charge in [0.15, 0.2) is 11.6 Å². The number of halogens is 2. The number of rotatable bonds is 4. The molecule has 0 radical (unpaired) electrons. The van der Waals surface area contributed by atoms with Gasteiger partial charge in [-0.05, 0) is 48.0 Å². The van der Waals surface area contributed by atoms with Crippen molar-refractivity contribution in [1.29, 1.82) is 0 Å². The Morgan fingerprint density at radius 1 is 1.10 bits per heavy atom. The summed E-state index contributed by atoms with van der Waals surface area (Å²) >= 11 is 6.42. The Kier molecular flexibility index (Phi) is 4.80. The molecule has 0 bridgehead atoms. The number of furan rings is 1. The lowest BCUT2D eigenvalue weighted by Gasteiger charge is -2.08. The van der Waals surface area contributed by atoms with E-state index in [1.165, 1.54) is 18.5 Å². The minimum Gasteiger partial charge on any atom is -0.459 e. The number of aromatic nitrogens is 2. The van der Waals surface area contributed by atoms with Crippen molar-refractivity contribution >= 4 is 34.7 Å². The standard InChI is InChI=1S/C23H14ClFN4O2/c24-18-4-3-16(28-23(30)20-2-1-7-31-20)11-17(18)19-9-14-8-15(12-27-22(14)29-19)13-5-6-26-21(25)10-13/h1-8,10-12H,9H2,(H,28,30). The van der Waals surface area contributed by atoms with E-state index in [1.54, 1.807) is 42.6 Å². The fourth-order valence-corrected chi connectivity index (χ4v) is 3.63. The minimum atomic E-state index is -0.546. The van der Waals surface area contributed by atoms with Gasteiger partial charge < -0.3 is 9.73 Å². The van der Waals surface area contributed by atoms with Crippen LogP contribution in [0.4, 0.5) is 15.9 Å². The number of benzene rings is 1. The molecule has 0 aliphatic carbocycles. The molecule has 0 saturated heterocycles. The molecular formula is C23H14ClFN4O2. The number of carbonyl (C=O) groups excluding carboxylic acids is 1. The van der Waals surface area contributed by atoms with Crippen LogP contribution in [0.15, 0.2) is 76.6 Å². The van der Waals surface area contributed by atoms with E-state index < -0.39 is 5.95 Å². The SMILES string of the molecule is O=C(Nc1ccc(Cl)c(C2=Nc3ncc(-c4ccnc(F)c4)cc3C2)c1)c1ccco1. The van der Waals surface area contributed by atoms with Crippen LogP contribution in [0.1, 0.15) is 21.7 Å². The largest absolute Gasteiger partial charge is 0.459 e. The maximum absolute atomic E-state index is 13.5. The molecule has 1 aromatic carbocycles. The van der Waals surface area contributed by atoms with Crippen molar-refractivity contribution in [2.45, 2.75) is 6.42 Å². The molecule has 0 saturated carbocycles. The molecule has 1 aliphatic rings. The lowest BCUT2D eigenvalue weighted by molar-refractivity contribution is 0.0996. The molecule has 0 fully saturated rings. The van der Waals surface area contributed by atoms with Crippen LogP contribution < -0.4 is 5.32 Å². The molecule has 0 spiro atoms. The van der Waals surface area contributed by atoms with E-state index in [1.807, 2.05) is 6.07 Å². The highest BCUT2D eigenvalue weighted by atomic mass is 35.5. The molecule has 4 heterocycles. The fraction of sp³-hybridized carbons (Fsp3) is 0.0435. The van der Waals surface area contributed by atoms with E-state index >= 15 is 0 Å². The van der Waals surface area contributed by atoms with Crippen molar-refractivity contribution in [2.24, 2.45) is 4.99 Å². The van der Waals surface area contributed by atoms with Crippen molar-refractivity contribution in [1.82, 2.24) is 9.97 Å². The topological polar surface area (TPSA) is 80.4 Å². The van der Waals surface area contributed by atoms with Crippen LogP contribution >= 0.6 is 11.6 Å². The van der Waals surface area contributed by atoms with E-state index in [-0.39, 0.29) is 11.7 Å². The summed E-state index contributed by atoms with van der Waals surface area (Å²) in [6, 6.07) is 13.4. The van der Waals surface area contributed by atoms with Crippen LogP contribution in [0.25, 0.3) is 11.1 Å². The zero-order valence-electron chi connectivity index (χ0n) is 16.0. The molecule has 8 heteroatoms. The number of hydrogen-bond acceptors (Lipinski definition) is 5. The number of fused-ring (bicyclic) bond motifs is 1. The third-order valence-corrected chi connectivity index (χ3v) is 5.21. The Bertz CT molecular complexity index is 1340. The molecule has 1 amide bonds. The Balaban J connectivity index is 1.41. The van der Waals surface area contributed by atoms with Gasteiger partial charge in [-0.2, -0.15) is 4.39 Å². The fourth-order valence-electron chi connectivity index (χ4n) is 3.40. The molecule has 4 aromatic rings. The predicted octanol–water partition coefficient (Wildman–Crippen LogP) is 5.46. The lowest BCUT2D eigenvalue weighted by Crippen LogP contribution is -2.11. The van der Waals surface area contributed by atoms with E-state index in [2.05, 4.69) is 20.3 Å². The highest BCUT2D eigenvalue weighted by Crippen LogP contribution is 2.33. The van der Waals surface area contributed by atoms with Gasteiger partial charge in [0.25, 0.3) is 5.91 Å². The van der Waals surface area contributed by atoms with Gasteiger partial charge in [0, 0.05) is 52.3 Å². The van der Waals surface area contributed by atoms with Crippen LogP contribution in [-0.4, -0.2) is 21.6 Å². The van der Waals surface area contributed by atoms with Gasteiger partial charge in [-0.1, -0.05) is 11.6 Å². The Morgan fingerprint density at radius 3 is 2.81 bits per heavy atom. The number of carbonyl (C=O) groups is 1. The molecule has 3 aromatic heterocycles. The number of aliphatic imine (C=N–C) groups is 1. The second-order valence-corrected chi connectivity index (χ2v) is 7.34. The van der Waals surface area contributed by atoms with Crippen molar-refractivity contribution in [3.05, 3.63) is 95.0 Å².